The van der Waals surface area contributed by atoms with Crippen LogP contribution in [0.5, 0.6) is 0 Å². The van der Waals surface area contributed by atoms with Gasteiger partial charge in [0, 0.05) is 34.3 Å². The lowest BCUT2D eigenvalue weighted by Crippen LogP contribution is -2.13. The van der Waals surface area contributed by atoms with Crippen molar-refractivity contribution in [3.8, 4) is 22.5 Å². The van der Waals surface area contributed by atoms with Crippen molar-refractivity contribution in [3.05, 3.63) is 95.6 Å². The third-order valence-electron chi connectivity index (χ3n) is 5.73. The van der Waals surface area contributed by atoms with Crippen LogP contribution < -0.4 is 11.1 Å². The van der Waals surface area contributed by atoms with Gasteiger partial charge < -0.3 is 9.84 Å². The SMILES string of the molecule is O=C(Nc1ccc(Cl)cc1-c1noc(=O)[nH]1)c1noc2cc(-c3ccc([N+](=O)[O-])cc3C(F)(F)F)c([N+](=O)[O-])cc12. The van der Waals surface area contributed by atoms with E-state index in [1.54, 1.807) is 0 Å². The number of H-pyrrole nitrogens is 1. The number of hydrogen-bond donors (Lipinski definition) is 2. The van der Waals surface area contributed by atoms with Gasteiger partial charge in [-0.1, -0.05) is 21.9 Å². The zero-order valence-corrected chi connectivity index (χ0v) is 20.4. The number of hydrogen-bond acceptors (Lipinski definition) is 10. The van der Waals surface area contributed by atoms with Crippen molar-refractivity contribution in [2.75, 3.05) is 5.32 Å². The predicted octanol–water partition coefficient (Wildman–Crippen LogP) is 5.58. The Morgan fingerprint density at radius 1 is 0.951 bits per heavy atom. The molecular formula is C23H10ClF3N6O8. The van der Waals surface area contributed by atoms with E-state index >= 15 is 0 Å². The van der Waals surface area contributed by atoms with Gasteiger partial charge in [0.15, 0.2) is 17.1 Å². The summed E-state index contributed by atoms with van der Waals surface area (Å²) < 4.78 is 51.0. The molecule has 0 unspecified atom stereocenters. The number of nitro benzene ring substituents is 2. The van der Waals surface area contributed by atoms with E-state index in [0.717, 1.165) is 24.3 Å². The van der Waals surface area contributed by atoms with Crippen LogP contribution in [-0.4, -0.2) is 31.1 Å². The number of non-ortho nitro benzene ring substituents is 1. The number of rotatable bonds is 6. The second-order valence-corrected chi connectivity index (χ2v) is 8.66. The number of anilines is 1. The molecule has 2 aromatic heterocycles. The van der Waals surface area contributed by atoms with E-state index in [9.17, 15) is 43.0 Å². The number of halogens is 4. The molecule has 3 aromatic carbocycles. The van der Waals surface area contributed by atoms with E-state index in [1.165, 1.54) is 18.2 Å². The smallest absolute Gasteiger partial charge is 0.355 e. The maximum atomic E-state index is 13.8. The van der Waals surface area contributed by atoms with Gasteiger partial charge in [-0.25, -0.2) is 4.79 Å². The van der Waals surface area contributed by atoms with Crippen molar-refractivity contribution in [1.82, 2.24) is 15.3 Å². The molecule has 18 heteroatoms. The molecule has 0 saturated carbocycles. The Labute approximate surface area is 227 Å². The van der Waals surface area contributed by atoms with Gasteiger partial charge in [-0.15, -0.1) is 0 Å². The molecular weight excluding hydrogens is 581 g/mol. The zero-order chi connectivity index (χ0) is 29.6. The highest BCUT2D eigenvalue weighted by atomic mass is 35.5. The Hall–Kier alpha value is -5.58. The average molecular weight is 591 g/mol. The van der Waals surface area contributed by atoms with Gasteiger partial charge in [-0.05, 0) is 30.3 Å². The minimum Gasteiger partial charge on any atom is -0.355 e. The summed E-state index contributed by atoms with van der Waals surface area (Å²) in [6, 6.07) is 7.55. The van der Waals surface area contributed by atoms with Crippen molar-refractivity contribution in [1.29, 1.82) is 0 Å². The molecule has 0 atom stereocenters. The fourth-order valence-electron chi connectivity index (χ4n) is 3.97. The van der Waals surface area contributed by atoms with Crippen molar-refractivity contribution in [2.45, 2.75) is 6.18 Å². The highest BCUT2D eigenvalue weighted by Gasteiger charge is 2.37. The van der Waals surface area contributed by atoms with Crippen LogP contribution in [0.3, 0.4) is 0 Å². The van der Waals surface area contributed by atoms with Gasteiger partial charge in [0.2, 0.25) is 0 Å². The van der Waals surface area contributed by atoms with E-state index in [1.807, 2.05) is 0 Å². The van der Waals surface area contributed by atoms with Gasteiger partial charge in [-0.2, -0.15) is 13.2 Å². The number of aromatic amines is 1. The zero-order valence-electron chi connectivity index (χ0n) is 19.7. The molecule has 0 aliphatic heterocycles. The molecule has 2 N–H and O–H groups in total. The molecule has 14 nitrogen and oxygen atoms in total. The Bertz CT molecular complexity index is 1950. The van der Waals surface area contributed by atoms with Gasteiger partial charge >= 0.3 is 11.9 Å². The number of alkyl halides is 3. The van der Waals surface area contributed by atoms with E-state index in [2.05, 4.69) is 25.1 Å². The van der Waals surface area contributed by atoms with Crippen molar-refractivity contribution in [2.24, 2.45) is 0 Å². The molecule has 0 bridgehead atoms. The van der Waals surface area contributed by atoms with Crippen molar-refractivity contribution in [3.63, 3.8) is 0 Å². The lowest BCUT2D eigenvalue weighted by atomic mass is 9.96. The van der Waals surface area contributed by atoms with E-state index < -0.39 is 61.4 Å². The largest absolute Gasteiger partial charge is 0.439 e. The molecule has 0 fully saturated rings. The molecule has 41 heavy (non-hydrogen) atoms. The normalized spacial score (nSPS) is 11.5. The number of fused-ring (bicyclic) bond motifs is 1. The molecule has 0 aliphatic carbocycles. The van der Waals surface area contributed by atoms with Crippen LogP contribution in [0.15, 0.2) is 62.4 Å². The van der Waals surface area contributed by atoms with Crippen molar-refractivity contribution >= 4 is 45.5 Å². The van der Waals surface area contributed by atoms with Crippen LogP contribution >= 0.6 is 11.6 Å². The highest BCUT2D eigenvalue weighted by molar-refractivity contribution is 6.31. The summed E-state index contributed by atoms with van der Waals surface area (Å²) in [5.74, 6) is -1.92. The number of nitrogens with one attached hydrogen (secondary N) is 2. The molecule has 0 spiro atoms. The predicted molar refractivity (Wildman–Crippen MR) is 133 cm³/mol. The van der Waals surface area contributed by atoms with Crippen LogP contribution in [-0.2, 0) is 6.18 Å². The lowest BCUT2D eigenvalue weighted by Gasteiger charge is -2.13. The Balaban J connectivity index is 1.60. The molecule has 208 valence electrons. The molecule has 5 rings (SSSR count). The topological polar surface area (TPSA) is 200 Å². The third-order valence-corrected chi connectivity index (χ3v) is 5.97. The second kappa shape index (κ2) is 9.87. The van der Waals surface area contributed by atoms with Crippen LogP contribution in [0.2, 0.25) is 5.02 Å². The number of carbonyl (C=O) groups excluding carboxylic acids is 1. The molecule has 2 heterocycles. The first-order chi connectivity index (χ1) is 19.3. The summed E-state index contributed by atoms with van der Waals surface area (Å²) in [7, 11) is 0. The fourth-order valence-corrected chi connectivity index (χ4v) is 4.14. The Morgan fingerprint density at radius 3 is 2.34 bits per heavy atom. The van der Waals surface area contributed by atoms with Crippen LogP contribution in [0, 0.1) is 20.2 Å². The lowest BCUT2D eigenvalue weighted by molar-refractivity contribution is -0.385. The summed E-state index contributed by atoms with van der Waals surface area (Å²) in [5, 5.41) is 32.6. The van der Waals surface area contributed by atoms with Crippen LogP contribution in [0.25, 0.3) is 33.5 Å². The second-order valence-electron chi connectivity index (χ2n) is 8.23. The Kier molecular flexibility index (Phi) is 6.50. The summed E-state index contributed by atoms with van der Waals surface area (Å²) in [6.07, 6.45) is -5.11. The summed E-state index contributed by atoms with van der Waals surface area (Å²) in [6.45, 7) is 0. The summed E-state index contributed by atoms with van der Waals surface area (Å²) in [5.41, 5.74) is -5.10. The number of aromatic nitrogens is 3. The first-order valence-electron chi connectivity index (χ1n) is 10.9. The van der Waals surface area contributed by atoms with E-state index in [-0.39, 0.29) is 39.1 Å². The molecule has 5 aromatic rings. The molecule has 0 aliphatic rings. The maximum Gasteiger partial charge on any atom is 0.439 e. The summed E-state index contributed by atoms with van der Waals surface area (Å²) in [4.78, 5) is 47.7. The first-order valence-corrected chi connectivity index (χ1v) is 11.3. The molecule has 0 radical (unpaired) electrons. The monoisotopic (exact) mass is 590 g/mol. The molecule has 0 saturated heterocycles. The van der Waals surface area contributed by atoms with E-state index in [0.29, 0.717) is 0 Å². The van der Waals surface area contributed by atoms with Crippen molar-refractivity contribution < 1.29 is 36.9 Å². The summed E-state index contributed by atoms with van der Waals surface area (Å²) >= 11 is 6.01. The number of benzene rings is 3. The highest BCUT2D eigenvalue weighted by Crippen LogP contribution is 2.43. The van der Waals surface area contributed by atoms with Gasteiger partial charge in [0.25, 0.3) is 17.3 Å². The van der Waals surface area contributed by atoms with Gasteiger partial charge in [-0.3, -0.25) is 34.5 Å². The van der Waals surface area contributed by atoms with Crippen LogP contribution in [0.4, 0.5) is 30.2 Å². The van der Waals surface area contributed by atoms with Crippen LogP contribution in [0.1, 0.15) is 16.1 Å². The standard InChI is InChI=1S/C23H10ClF3N6O8/c24-9-1-4-16(13(5-9)20-29-22(35)41-31-20)28-21(34)19-14-7-17(33(38)39)12(8-18(14)40-30-19)11-3-2-10(32(36)37)6-15(11)23(25,26)27/h1-8H,(H,28,34)(H,29,31,35). The maximum absolute atomic E-state index is 13.8. The first kappa shape index (κ1) is 27.0. The average Bonchev–Trinajstić information content (AvgIpc) is 3.53. The number of nitrogens with zero attached hydrogens (tertiary/aromatic N) is 4. The number of nitro groups is 2. The fraction of sp³-hybridized carbons (Fsp3) is 0.0435. The Morgan fingerprint density at radius 2 is 1.71 bits per heavy atom. The number of amides is 1. The quantitative estimate of drug-likeness (QED) is 0.186. The molecule has 1 amide bonds. The number of carbonyl (C=O) groups is 1. The van der Waals surface area contributed by atoms with E-state index in [4.69, 9.17) is 16.1 Å². The minimum absolute atomic E-state index is 0.0620. The minimum atomic E-state index is -5.11. The van der Waals surface area contributed by atoms with Gasteiger partial charge in [0.1, 0.15) is 0 Å². The van der Waals surface area contributed by atoms with Gasteiger partial charge in [0.05, 0.1) is 32.0 Å². The third kappa shape index (κ3) is 5.08.